The molecule has 23 heavy (non-hydrogen) atoms. The molecule has 0 fully saturated rings. The molecule has 0 saturated carbocycles. The molecule has 0 atom stereocenters. The van der Waals surface area contributed by atoms with Gasteiger partial charge < -0.3 is 9.47 Å². The lowest BCUT2D eigenvalue weighted by Gasteiger charge is -2.23. The molecular formula is C19H22O3S. The van der Waals surface area contributed by atoms with Gasteiger partial charge in [0.1, 0.15) is 11.4 Å². The predicted octanol–water partition coefficient (Wildman–Crippen LogP) is 4.95. The molecule has 0 heterocycles. The van der Waals surface area contributed by atoms with Crippen LogP contribution in [0.2, 0.25) is 0 Å². The van der Waals surface area contributed by atoms with E-state index in [1.165, 1.54) is 4.90 Å². The highest BCUT2D eigenvalue weighted by molar-refractivity contribution is 7.99. The molecule has 0 unspecified atom stereocenters. The van der Waals surface area contributed by atoms with Gasteiger partial charge in [0, 0.05) is 9.79 Å². The third kappa shape index (κ3) is 5.99. The van der Waals surface area contributed by atoms with Crippen molar-refractivity contribution >= 4 is 17.7 Å². The van der Waals surface area contributed by atoms with Gasteiger partial charge in [-0.1, -0.05) is 36.9 Å². The normalized spacial score (nSPS) is 11.1. The summed E-state index contributed by atoms with van der Waals surface area (Å²) in [7, 11) is 0. The molecule has 0 aliphatic heterocycles. The van der Waals surface area contributed by atoms with Crippen LogP contribution in [0.4, 0.5) is 0 Å². The van der Waals surface area contributed by atoms with Crippen LogP contribution in [-0.2, 0) is 9.53 Å². The van der Waals surface area contributed by atoms with Crippen LogP contribution >= 0.6 is 11.8 Å². The Morgan fingerprint density at radius 2 is 1.61 bits per heavy atom. The molecule has 3 nitrogen and oxygen atoms in total. The Balaban J connectivity index is 1.84. The molecule has 4 heteroatoms. The Morgan fingerprint density at radius 3 is 2.22 bits per heavy atom. The molecule has 0 aliphatic carbocycles. The topological polar surface area (TPSA) is 35.5 Å². The highest BCUT2D eigenvalue weighted by atomic mass is 32.2. The van der Waals surface area contributed by atoms with E-state index in [9.17, 15) is 4.79 Å². The summed E-state index contributed by atoms with van der Waals surface area (Å²) in [6, 6.07) is 17.9. The summed E-state index contributed by atoms with van der Waals surface area (Å²) in [6.45, 7) is 5.69. The third-order valence-corrected chi connectivity index (χ3v) is 4.42. The van der Waals surface area contributed by atoms with Crippen molar-refractivity contribution in [3.05, 3.63) is 54.6 Å². The van der Waals surface area contributed by atoms with Gasteiger partial charge in [0.15, 0.2) is 6.61 Å². The van der Waals surface area contributed by atoms with E-state index in [4.69, 9.17) is 9.47 Å². The fourth-order valence-electron chi connectivity index (χ4n) is 1.78. The number of hydrogen-bond acceptors (Lipinski definition) is 4. The average Bonchev–Trinajstić information content (AvgIpc) is 2.55. The quantitative estimate of drug-likeness (QED) is 0.673. The fourth-order valence-corrected chi connectivity index (χ4v) is 2.62. The second kappa shape index (κ2) is 8.06. The molecule has 0 aromatic heterocycles. The number of ether oxygens (including phenoxy) is 2. The number of esters is 1. The highest BCUT2D eigenvalue weighted by Crippen LogP contribution is 2.28. The number of rotatable bonds is 7. The maximum atomic E-state index is 11.7. The van der Waals surface area contributed by atoms with Gasteiger partial charge >= 0.3 is 5.97 Å². The van der Waals surface area contributed by atoms with Crippen LogP contribution in [0.15, 0.2) is 64.4 Å². The van der Waals surface area contributed by atoms with Crippen molar-refractivity contribution in [1.82, 2.24) is 0 Å². The average molecular weight is 330 g/mol. The summed E-state index contributed by atoms with van der Waals surface area (Å²) in [5.41, 5.74) is -0.448. The van der Waals surface area contributed by atoms with Crippen LogP contribution < -0.4 is 4.74 Å². The maximum absolute atomic E-state index is 11.7. The lowest BCUT2D eigenvalue weighted by molar-refractivity contribution is -0.159. The van der Waals surface area contributed by atoms with Crippen molar-refractivity contribution in [2.24, 2.45) is 0 Å². The van der Waals surface area contributed by atoms with Crippen LogP contribution in [0.25, 0.3) is 0 Å². The summed E-state index contributed by atoms with van der Waals surface area (Å²) in [6.07, 6.45) is 0.768. The Labute approximate surface area is 142 Å². The second-order valence-electron chi connectivity index (χ2n) is 5.76. The van der Waals surface area contributed by atoms with Crippen molar-refractivity contribution in [1.29, 1.82) is 0 Å². The SMILES string of the molecule is CCC(C)(C)OC(=O)COc1ccc(Sc2ccccc2)cc1. The van der Waals surface area contributed by atoms with E-state index >= 15 is 0 Å². The first-order valence-electron chi connectivity index (χ1n) is 7.66. The first kappa shape index (κ1) is 17.4. The lowest BCUT2D eigenvalue weighted by atomic mass is 10.1. The number of benzene rings is 2. The summed E-state index contributed by atoms with van der Waals surface area (Å²) in [5.74, 6) is 0.313. The standard InChI is InChI=1S/C19H22O3S/c1-4-19(2,3)22-18(20)14-21-15-10-12-17(13-11-15)23-16-8-6-5-7-9-16/h5-13H,4,14H2,1-3H3. The van der Waals surface area contributed by atoms with Gasteiger partial charge in [-0.25, -0.2) is 4.79 Å². The molecule has 0 spiro atoms. The van der Waals surface area contributed by atoms with Crippen LogP contribution in [0.5, 0.6) is 5.75 Å². The first-order chi connectivity index (χ1) is 11.0. The largest absolute Gasteiger partial charge is 0.482 e. The number of hydrogen-bond donors (Lipinski definition) is 0. The van der Waals surface area contributed by atoms with Crippen molar-refractivity contribution in [3.63, 3.8) is 0 Å². The maximum Gasteiger partial charge on any atom is 0.344 e. The monoisotopic (exact) mass is 330 g/mol. The minimum absolute atomic E-state index is 0.0748. The molecule has 0 bridgehead atoms. The van der Waals surface area contributed by atoms with Crippen molar-refractivity contribution < 1.29 is 14.3 Å². The van der Waals surface area contributed by atoms with Gasteiger partial charge in [0.25, 0.3) is 0 Å². The van der Waals surface area contributed by atoms with Crippen LogP contribution in [0, 0.1) is 0 Å². The highest BCUT2D eigenvalue weighted by Gasteiger charge is 2.20. The molecule has 0 aliphatic rings. The summed E-state index contributed by atoms with van der Waals surface area (Å²) >= 11 is 1.68. The zero-order chi connectivity index (χ0) is 16.7. The lowest BCUT2D eigenvalue weighted by Crippen LogP contribution is -2.29. The van der Waals surface area contributed by atoms with Crippen LogP contribution in [0.3, 0.4) is 0 Å². The minimum Gasteiger partial charge on any atom is -0.482 e. The van der Waals surface area contributed by atoms with Gasteiger partial charge in [-0.3, -0.25) is 0 Å². The number of carbonyl (C=O) groups is 1. The van der Waals surface area contributed by atoms with Gasteiger partial charge in [-0.15, -0.1) is 0 Å². The molecule has 0 amide bonds. The fraction of sp³-hybridized carbons (Fsp3) is 0.316. The molecular weight excluding hydrogens is 308 g/mol. The Morgan fingerprint density at radius 1 is 1.00 bits per heavy atom. The smallest absolute Gasteiger partial charge is 0.344 e. The van der Waals surface area contributed by atoms with E-state index in [0.717, 1.165) is 11.3 Å². The Bertz CT molecular complexity index is 621. The Kier molecular flexibility index (Phi) is 6.11. The molecule has 0 saturated heterocycles. The van der Waals surface area contributed by atoms with Gasteiger partial charge in [-0.05, 0) is 56.7 Å². The van der Waals surface area contributed by atoms with E-state index in [1.807, 2.05) is 63.2 Å². The minimum atomic E-state index is -0.448. The summed E-state index contributed by atoms with van der Waals surface area (Å²) < 4.78 is 10.8. The zero-order valence-corrected chi connectivity index (χ0v) is 14.6. The van der Waals surface area contributed by atoms with E-state index in [2.05, 4.69) is 12.1 Å². The molecule has 2 rings (SSSR count). The van der Waals surface area contributed by atoms with Gasteiger partial charge in [0.2, 0.25) is 0 Å². The molecule has 0 N–H and O–H groups in total. The third-order valence-electron chi connectivity index (χ3n) is 3.40. The van der Waals surface area contributed by atoms with E-state index in [1.54, 1.807) is 11.8 Å². The van der Waals surface area contributed by atoms with E-state index in [0.29, 0.717) is 5.75 Å². The van der Waals surface area contributed by atoms with Crippen LogP contribution in [-0.4, -0.2) is 18.2 Å². The van der Waals surface area contributed by atoms with Crippen molar-refractivity contribution in [3.8, 4) is 5.75 Å². The number of carbonyl (C=O) groups excluding carboxylic acids is 1. The van der Waals surface area contributed by atoms with Gasteiger partial charge in [0.05, 0.1) is 0 Å². The zero-order valence-electron chi connectivity index (χ0n) is 13.7. The first-order valence-corrected chi connectivity index (χ1v) is 8.48. The Hall–Kier alpha value is -1.94. The second-order valence-corrected chi connectivity index (χ2v) is 6.91. The molecule has 0 radical (unpaired) electrons. The van der Waals surface area contributed by atoms with Crippen molar-refractivity contribution in [2.45, 2.75) is 42.6 Å². The predicted molar refractivity (Wildman–Crippen MR) is 93.0 cm³/mol. The molecule has 2 aromatic rings. The summed E-state index contributed by atoms with van der Waals surface area (Å²) in [5, 5.41) is 0. The van der Waals surface area contributed by atoms with Crippen molar-refractivity contribution in [2.75, 3.05) is 6.61 Å². The summed E-state index contributed by atoms with van der Waals surface area (Å²) in [4.78, 5) is 14.1. The van der Waals surface area contributed by atoms with Crippen LogP contribution in [0.1, 0.15) is 27.2 Å². The molecule has 122 valence electrons. The van der Waals surface area contributed by atoms with E-state index in [-0.39, 0.29) is 12.6 Å². The van der Waals surface area contributed by atoms with Gasteiger partial charge in [-0.2, -0.15) is 0 Å². The van der Waals surface area contributed by atoms with E-state index < -0.39 is 5.60 Å². The molecule has 2 aromatic carbocycles.